The molecule has 1 unspecified atom stereocenters. The Bertz CT molecular complexity index is 493. The Balaban J connectivity index is 2.02. The largest absolute Gasteiger partial charge is 0.481 e. The smallest absolute Gasteiger partial charge is 0.312 e. The molecule has 1 saturated carbocycles. The Morgan fingerprint density at radius 1 is 1.18 bits per heavy atom. The van der Waals surface area contributed by atoms with E-state index in [9.17, 15) is 9.90 Å². The predicted molar refractivity (Wildman–Crippen MR) is 90.0 cm³/mol. The van der Waals surface area contributed by atoms with Gasteiger partial charge in [0.25, 0.3) is 0 Å². The van der Waals surface area contributed by atoms with Crippen LogP contribution in [0.15, 0.2) is 24.3 Å². The van der Waals surface area contributed by atoms with Crippen LogP contribution >= 0.6 is 0 Å². The minimum absolute atomic E-state index is 0.144. The molecule has 3 N–H and O–H groups in total. The molecule has 2 rings (SSSR count). The van der Waals surface area contributed by atoms with E-state index >= 15 is 0 Å². The van der Waals surface area contributed by atoms with Crippen LogP contribution in [0, 0.1) is 11.3 Å². The lowest BCUT2D eigenvalue weighted by Gasteiger charge is -2.37. The van der Waals surface area contributed by atoms with E-state index in [1.165, 1.54) is 31.2 Å². The molecule has 22 heavy (non-hydrogen) atoms. The Morgan fingerprint density at radius 3 is 2.14 bits per heavy atom. The van der Waals surface area contributed by atoms with Gasteiger partial charge in [-0.3, -0.25) is 4.79 Å². The van der Waals surface area contributed by atoms with Gasteiger partial charge in [0.2, 0.25) is 0 Å². The summed E-state index contributed by atoms with van der Waals surface area (Å²) in [5, 5.41) is 9.17. The van der Waals surface area contributed by atoms with Gasteiger partial charge in [0.15, 0.2) is 0 Å². The van der Waals surface area contributed by atoms with Gasteiger partial charge >= 0.3 is 5.97 Å². The maximum Gasteiger partial charge on any atom is 0.312 e. The maximum atomic E-state index is 11.2. The molecule has 0 bridgehead atoms. The number of nitrogens with two attached hydrogens (primary N) is 1. The third-order valence-corrected chi connectivity index (χ3v) is 5.30. The molecular weight excluding hydrogens is 274 g/mol. The fraction of sp³-hybridized carbons (Fsp3) is 0.632. The number of carboxylic acid groups (broad SMARTS) is 1. The second-order valence-electron chi connectivity index (χ2n) is 7.71. The average molecular weight is 303 g/mol. The SMILES string of the molecule is CC(C)(C)C1CCC(c2ccc(C(CN)C(=O)O)cc2)CC1. The lowest BCUT2D eigenvalue weighted by Crippen LogP contribution is -2.25. The lowest BCUT2D eigenvalue weighted by molar-refractivity contribution is -0.138. The summed E-state index contributed by atoms with van der Waals surface area (Å²) in [5.74, 6) is -0.00271. The number of hydrogen-bond donors (Lipinski definition) is 2. The third-order valence-electron chi connectivity index (χ3n) is 5.30. The van der Waals surface area contributed by atoms with Crippen molar-refractivity contribution < 1.29 is 9.90 Å². The summed E-state index contributed by atoms with van der Waals surface area (Å²) in [5.41, 5.74) is 8.12. The van der Waals surface area contributed by atoms with Gasteiger partial charge in [-0.15, -0.1) is 0 Å². The molecule has 0 heterocycles. The minimum atomic E-state index is -0.846. The van der Waals surface area contributed by atoms with Crippen molar-refractivity contribution in [2.75, 3.05) is 6.54 Å². The van der Waals surface area contributed by atoms with Crippen LogP contribution in [0.5, 0.6) is 0 Å². The van der Waals surface area contributed by atoms with E-state index in [2.05, 4.69) is 32.9 Å². The molecule has 0 aromatic heterocycles. The van der Waals surface area contributed by atoms with Crippen molar-refractivity contribution in [2.45, 2.75) is 58.3 Å². The van der Waals surface area contributed by atoms with E-state index in [1.54, 1.807) is 0 Å². The summed E-state index contributed by atoms with van der Waals surface area (Å²) in [6.45, 7) is 7.16. The van der Waals surface area contributed by atoms with Crippen LogP contribution in [0.3, 0.4) is 0 Å². The van der Waals surface area contributed by atoms with E-state index in [0.29, 0.717) is 11.3 Å². The van der Waals surface area contributed by atoms with E-state index in [-0.39, 0.29) is 6.54 Å². The zero-order valence-corrected chi connectivity index (χ0v) is 14.0. The molecule has 0 radical (unpaired) electrons. The van der Waals surface area contributed by atoms with E-state index < -0.39 is 11.9 Å². The number of benzene rings is 1. The lowest BCUT2D eigenvalue weighted by atomic mass is 9.68. The second-order valence-corrected chi connectivity index (χ2v) is 7.71. The molecule has 3 nitrogen and oxygen atoms in total. The van der Waals surface area contributed by atoms with Crippen LogP contribution in [0.2, 0.25) is 0 Å². The second kappa shape index (κ2) is 6.82. The molecule has 1 aliphatic carbocycles. The zero-order chi connectivity index (χ0) is 16.3. The highest BCUT2D eigenvalue weighted by atomic mass is 16.4. The highest BCUT2D eigenvalue weighted by Gasteiger charge is 2.30. The van der Waals surface area contributed by atoms with Crippen LogP contribution in [0.1, 0.15) is 69.4 Å². The topological polar surface area (TPSA) is 63.3 Å². The Kier molecular flexibility index (Phi) is 5.28. The summed E-state index contributed by atoms with van der Waals surface area (Å²) >= 11 is 0. The number of aliphatic carboxylic acids is 1. The highest BCUT2D eigenvalue weighted by molar-refractivity contribution is 5.76. The molecule has 0 spiro atoms. The third kappa shape index (κ3) is 3.89. The van der Waals surface area contributed by atoms with Gasteiger partial charge in [-0.25, -0.2) is 0 Å². The number of rotatable bonds is 4. The van der Waals surface area contributed by atoms with Crippen molar-refractivity contribution in [2.24, 2.45) is 17.1 Å². The zero-order valence-electron chi connectivity index (χ0n) is 14.0. The van der Waals surface area contributed by atoms with Gasteiger partial charge in [-0.05, 0) is 54.1 Å². The van der Waals surface area contributed by atoms with Crippen LogP contribution < -0.4 is 5.73 Å². The Hall–Kier alpha value is -1.35. The number of hydrogen-bond acceptors (Lipinski definition) is 2. The number of carbonyl (C=O) groups is 1. The van der Waals surface area contributed by atoms with Crippen LogP contribution in [-0.2, 0) is 4.79 Å². The van der Waals surface area contributed by atoms with E-state index in [1.807, 2.05) is 12.1 Å². The average Bonchev–Trinajstić information content (AvgIpc) is 2.47. The first-order valence-electron chi connectivity index (χ1n) is 8.35. The van der Waals surface area contributed by atoms with Gasteiger partial charge < -0.3 is 10.8 Å². The monoisotopic (exact) mass is 303 g/mol. The van der Waals surface area contributed by atoms with Crippen molar-refractivity contribution in [3.63, 3.8) is 0 Å². The highest BCUT2D eigenvalue weighted by Crippen LogP contribution is 2.43. The van der Waals surface area contributed by atoms with Gasteiger partial charge in [-0.1, -0.05) is 45.0 Å². The molecule has 122 valence electrons. The first kappa shape index (κ1) is 17.0. The molecule has 0 aliphatic heterocycles. The van der Waals surface area contributed by atoms with Gasteiger partial charge in [0.05, 0.1) is 5.92 Å². The van der Waals surface area contributed by atoms with Gasteiger partial charge in [0, 0.05) is 6.54 Å². The molecule has 1 fully saturated rings. The maximum absolute atomic E-state index is 11.2. The fourth-order valence-electron chi connectivity index (χ4n) is 3.67. The van der Waals surface area contributed by atoms with Crippen LogP contribution in [-0.4, -0.2) is 17.6 Å². The first-order valence-corrected chi connectivity index (χ1v) is 8.35. The molecule has 1 aromatic carbocycles. The van der Waals surface area contributed by atoms with Gasteiger partial charge in [-0.2, -0.15) is 0 Å². The Morgan fingerprint density at radius 2 is 1.73 bits per heavy atom. The first-order chi connectivity index (χ1) is 10.3. The quantitative estimate of drug-likeness (QED) is 0.879. The summed E-state index contributed by atoms with van der Waals surface area (Å²) in [4.78, 5) is 11.2. The van der Waals surface area contributed by atoms with E-state index in [4.69, 9.17) is 5.73 Å². The van der Waals surface area contributed by atoms with E-state index in [0.717, 1.165) is 11.5 Å². The predicted octanol–water partition coefficient (Wildman–Crippen LogP) is 4.13. The molecule has 1 aliphatic rings. The van der Waals surface area contributed by atoms with Crippen molar-refractivity contribution in [1.29, 1.82) is 0 Å². The molecule has 0 amide bonds. The minimum Gasteiger partial charge on any atom is -0.481 e. The standard InChI is InChI=1S/C19H29NO2/c1-19(2,3)16-10-8-14(9-11-16)13-4-6-15(7-5-13)17(12-20)18(21)22/h4-7,14,16-17H,8-12,20H2,1-3H3,(H,21,22). The van der Waals surface area contributed by atoms with Crippen molar-refractivity contribution in [3.05, 3.63) is 35.4 Å². The van der Waals surface area contributed by atoms with Crippen molar-refractivity contribution in [1.82, 2.24) is 0 Å². The summed E-state index contributed by atoms with van der Waals surface area (Å²) in [6.07, 6.45) is 5.05. The summed E-state index contributed by atoms with van der Waals surface area (Å²) in [6, 6.07) is 8.08. The normalized spacial score (nSPS) is 24.0. The Labute approximate surface area is 133 Å². The summed E-state index contributed by atoms with van der Waals surface area (Å²) < 4.78 is 0. The molecular formula is C19H29NO2. The molecule has 1 atom stereocenters. The molecule has 3 heteroatoms. The van der Waals surface area contributed by atoms with Gasteiger partial charge in [0.1, 0.15) is 0 Å². The van der Waals surface area contributed by atoms with Crippen molar-refractivity contribution in [3.8, 4) is 0 Å². The summed E-state index contributed by atoms with van der Waals surface area (Å²) in [7, 11) is 0. The number of carboxylic acids is 1. The van der Waals surface area contributed by atoms with Crippen molar-refractivity contribution >= 4 is 5.97 Å². The van der Waals surface area contributed by atoms with Crippen LogP contribution in [0.4, 0.5) is 0 Å². The fourth-order valence-corrected chi connectivity index (χ4v) is 3.67. The molecule has 0 saturated heterocycles. The molecule has 1 aromatic rings. The van der Waals surface area contributed by atoms with Crippen LogP contribution in [0.25, 0.3) is 0 Å².